The Morgan fingerprint density at radius 3 is 2.55 bits per heavy atom. The smallest absolute Gasteiger partial charge is 0.410 e. The minimum absolute atomic E-state index is 0.0307. The van der Waals surface area contributed by atoms with E-state index in [1.165, 1.54) is 0 Å². The first-order valence-electron chi connectivity index (χ1n) is 8.16. The molecule has 0 radical (unpaired) electrons. The molecule has 0 bridgehead atoms. The first kappa shape index (κ1) is 18.7. The maximum atomic E-state index is 12.2. The first-order chi connectivity index (χ1) is 10.1. The number of nitrogens with two attached hydrogens (primary N) is 1. The molecule has 1 rings (SSSR count). The molecule has 0 spiro atoms. The zero-order valence-corrected chi connectivity index (χ0v) is 14.6. The van der Waals surface area contributed by atoms with Crippen molar-refractivity contribution in [2.24, 2.45) is 11.7 Å². The lowest BCUT2D eigenvalue weighted by Gasteiger charge is -2.36. The summed E-state index contributed by atoms with van der Waals surface area (Å²) < 4.78 is 5.43. The molecule has 6 heteroatoms. The molecule has 0 aliphatic carbocycles. The van der Waals surface area contributed by atoms with Crippen molar-refractivity contribution in [2.45, 2.75) is 59.1 Å². The Hall–Kier alpha value is -1.30. The van der Waals surface area contributed by atoms with Gasteiger partial charge >= 0.3 is 6.09 Å². The second-order valence-electron chi connectivity index (χ2n) is 7.10. The quantitative estimate of drug-likeness (QED) is 0.859. The van der Waals surface area contributed by atoms with Crippen molar-refractivity contribution in [3.05, 3.63) is 0 Å². The maximum absolute atomic E-state index is 12.2. The van der Waals surface area contributed by atoms with Crippen molar-refractivity contribution in [3.8, 4) is 0 Å². The van der Waals surface area contributed by atoms with E-state index in [0.717, 1.165) is 19.4 Å². The van der Waals surface area contributed by atoms with Gasteiger partial charge in [-0.05, 0) is 53.4 Å². The van der Waals surface area contributed by atoms with E-state index in [0.29, 0.717) is 19.6 Å². The molecule has 2 atom stereocenters. The Morgan fingerprint density at radius 1 is 1.41 bits per heavy atom. The fourth-order valence-corrected chi connectivity index (χ4v) is 2.68. The Kier molecular flexibility index (Phi) is 6.66. The number of nitrogens with zero attached hydrogens (tertiary/aromatic N) is 2. The van der Waals surface area contributed by atoms with Crippen LogP contribution in [0.3, 0.4) is 0 Å². The van der Waals surface area contributed by atoms with Crippen LogP contribution >= 0.6 is 0 Å². The van der Waals surface area contributed by atoms with Crippen LogP contribution in [-0.2, 0) is 9.53 Å². The second kappa shape index (κ2) is 7.81. The van der Waals surface area contributed by atoms with E-state index >= 15 is 0 Å². The average Bonchev–Trinajstić information content (AvgIpc) is 2.42. The van der Waals surface area contributed by atoms with Crippen molar-refractivity contribution < 1.29 is 14.3 Å². The fraction of sp³-hybridized carbons (Fsp3) is 0.875. The summed E-state index contributed by atoms with van der Waals surface area (Å²) in [5.41, 5.74) is 5.20. The van der Waals surface area contributed by atoms with Gasteiger partial charge < -0.3 is 20.3 Å². The number of rotatable bonds is 4. The topological polar surface area (TPSA) is 75.9 Å². The molecule has 22 heavy (non-hydrogen) atoms. The van der Waals surface area contributed by atoms with E-state index in [1.807, 2.05) is 27.7 Å². The van der Waals surface area contributed by atoms with E-state index in [-0.39, 0.29) is 17.9 Å². The third-order valence-electron chi connectivity index (χ3n) is 3.73. The van der Waals surface area contributed by atoms with Crippen molar-refractivity contribution in [1.29, 1.82) is 0 Å². The highest BCUT2D eigenvalue weighted by molar-refractivity contribution is 5.81. The van der Waals surface area contributed by atoms with Crippen LogP contribution in [0.4, 0.5) is 4.79 Å². The SMILES string of the molecule is CCN(CC1CCCN(C(=O)OC(C)(C)C)C1)C(=O)[C@H](C)N. The standard InChI is InChI=1S/C16H31N3O3/c1-6-18(14(20)12(2)17)10-13-8-7-9-19(11-13)15(21)22-16(3,4)5/h12-13H,6-11,17H2,1-5H3/t12-,13?/m0/s1. The fourth-order valence-electron chi connectivity index (χ4n) is 2.68. The Bertz CT molecular complexity index is 391. The summed E-state index contributed by atoms with van der Waals surface area (Å²) in [5.74, 6) is 0.251. The monoisotopic (exact) mass is 313 g/mol. The number of carbonyl (C=O) groups is 2. The summed E-state index contributed by atoms with van der Waals surface area (Å²) in [4.78, 5) is 27.7. The molecule has 1 heterocycles. The van der Waals surface area contributed by atoms with Gasteiger partial charge in [0, 0.05) is 26.2 Å². The van der Waals surface area contributed by atoms with Gasteiger partial charge in [-0.25, -0.2) is 4.79 Å². The van der Waals surface area contributed by atoms with E-state index in [2.05, 4.69) is 0 Å². The van der Waals surface area contributed by atoms with Gasteiger partial charge in [0.05, 0.1) is 6.04 Å². The predicted octanol–water partition coefficient (Wildman–Crippen LogP) is 1.83. The Morgan fingerprint density at radius 2 is 2.05 bits per heavy atom. The van der Waals surface area contributed by atoms with E-state index < -0.39 is 11.6 Å². The summed E-state index contributed by atoms with van der Waals surface area (Å²) in [6, 6.07) is -0.481. The molecule has 1 fully saturated rings. The summed E-state index contributed by atoms with van der Waals surface area (Å²) in [6.45, 7) is 11.9. The molecule has 128 valence electrons. The highest BCUT2D eigenvalue weighted by Crippen LogP contribution is 2.20. The van der Waals surface area contributed by atoms with Crippen LogP contribution in [0.25, 0.3) is 0 Å². The molecular weight excluding hydrogens is 282 g/mol. The molecule has 1 aliphatic rings. The number of ether oxygens (including phenoxy) is 1. The predicted molar refractivity (Wildman–Crippen MR) is 86.4 cm³/mol. The molecule has 2 N–H and O–H groups in total. The third-order valence-corrected chi connectivity index (χ3v) is 3.73. The van der Waals surface area contributed by atoms with Gasteiger partial charge in [0.1, 0.15) is 5.60 Å². The Balaban J connectivity index is 2.59. The molecule has 1 aliphatic heterocycles. The summed E-state index contributed by atoms with van der Waals surface area (Å²) >= 11 is 0. The van der Waals surface area contributed by atoms with Crippen molar-refractivity contribution >= 4 is 12.0 Å². The van der Waals surface area contributed by atoms with Crippen LogP contribution < -0.4 is 5.73 Å². The van der Waals surface area contributed by atoms with Crippen molar-refractivity contribution in [3.63, 3.8) is 0 Å². The van der Waals surface area contributed by atoms with Gasteiger partial charge in [0.25, 0.3) is 0 Å². The number of piperidine rings is 1. The van der Waals surface area contributed by atoms with Crippen LogP contribution in [0.1, 0.15) is 47.5 Å². The summed E-state index contributed by atoms with van der Waals surface area (Å²) in [5, 5.41) is 0. The molecule has 0 saturated carbocycles. The Labute approximate surface area is 134 Å². The highest BCUT2D eigenvalue weighted by atomic mass is 16.6. The van der Waals surface area contributed by atoms with Gasteiger partial charge in [-0.2, -0.15) is 0 Å². The van der Waals surface area contributed by atoms with Gasteiger partial charge in [0.2, 0.25) is 5.91 Å². The van der Waals surface area contributed by atoms with Gasteiger partial charge in [-0.15, -0.1) is 0 Å². The second-order valence-corrected chi connectivity index (χ2v) is 7.10. The zero-order valence-electron chi connectivity index (χ0n) is 14.6. The number of likely N-dealkylation sites (N-methyl/N-ethyl adjacent to an activating group) is 1. The maximum Gasteiger partial charge on any atom is 0.410 e. The van der Waals surface area contributed by atoms with Crippen LogP contribution in [0, 0.1) is 5.92 Å². The number of hydrogen-bond donors (Lipinski definition) is 1. The number of amides is 2. The highest BCUT2D eigenvalue weighted by Gasteiger charge is 2.29. The average molecular weight is 313 g/mol. The van der Waals surface area contributed by atoms with Crippen LogP contribution in [-0.4, -0.2) is 59.6 Å². The normalized spacial score (nSPS) is 20.5. The minimum Gasteiger partial charge on any atom is -0.444 e. The largest absolute Gasteiger partial charge is 0.444 e. The van der Waals surface area contributed by atoms with Crippen molar-refractivity contribution in [1.82, 2.24) is 9.80 Å². The first-order valence-corrected chi connectivity index (χ1v) is 8.16. The third kappa shape index (κ3) is 5.83. The van der Waals surface area contributed by atoms with Crippen LogP contribution in [0.5, 0.6) is 0 Å². The lowest BCUT2D eigenvalue weighted by Crippen LogP contribution is -2.48. The van der Waals surface area contributed by atoms with Gasteiger partial charge in [-0.1, -0.05) is 0 Å². The molecule has 0 aromatic carbocycles. The van der Waals surface area contributed by atoms with Gasteiger partial charge in [0.15, 0.2) is 0 Å². The zero-order chi connectivity index (χ0) is 16.9. The minimum atomic E-state index is -0.482. The summed E-state index contributed by atoms with van der Waals surface area (Å²) in [6.07, 6.45) is 1.69. The molecule has 1 saturated heterocycles. The molecule has 2 amide bonds. The molecule has 6 nitrogen and oxygen atoms in total. The number of carbonyl (C=O) groups excluding carboxylic acids is 2. The van der Waals surface area contributed by atoms with Gasteiger partial charge in [-0.3, -0.25) is 4.79 Å². The molecule has 0 aromatic heterocycles. The number of hydrogen-bond acceptors (Lipinski definition) is 4. The van der Waals surface area contributed by atoms with E-state index in [1.54, 1.807) is 16.7 Å². The summed E-state index contributed by atoms with van der Waals surface area (Å²) in [7, 11) is 0. The van der Waals surface area contributed by atoms with E-state index in [9.17, 15) is 9.59 Å². The van der Waals surface area contributed by atoms with E-state index in [4.69, 9.17) is 10.5 Å². The molecule has 1 unspecified atom stereocenters. The van der Waals surface area contributed by atoms with Crippen LogP contribution in [0.15, 0.2) is 0 Å². The lowest BCUT2D eigenvalue weighted by molar-refractivity contribution is -0.132. The lowest BCUT2D eigenvalue weighted by atomic mass is 9.97. The van der Waals surface area contributed by atoms with Crippen LogP contribution in [0.2, 0.25) is 0 Å². The molecule has 0 aromatic rings. The number of likely N-dealkylation sites (tertiary alicyclic amines) is 1. The van der Waals surface area contributed by atoms with Crippen molar-refractivity contribution in [2.75, 3.05) is 26.2 Å². The molecular formula is C16H31N3O3.